The van der Waals surface area contributed by atoms with Gasteiger partial charge in [-0.1, -0.05) is 22.0 Å². The minimum absolute atomic E-state index is 0.0973. The Bertz CT molecular complexity index is 448. The zero-order valence-electron chi connectivity index (χ0n) is 9.10. The first kappa shape index (κ1) is 12.8. The average Bonchev–Trinajstić information content (AvgIpc) is 2.24. The lowest BCUT2D eigenvalue weighted by Crippen LogP contribution is -2.51. The van der Waals surface area contributed by atoms with Gasteiger partial charge in [0.25, 0.3) is 0 Å². The van der Waals surface area contributed by atoms with E-state index in [1.165, 1.54) is 6.07 Å². The maximum atomic E-state index is 13.9. The molecule has 1 aliphatic carbocycles. The highest BCUT2D eigenvalue weighted by molar-refractivity contribution is 9.10. The van der Waals surface area contributed by atoms with Gasteiger partial charge in [0.15, 0.2) is 0 Å². The van der Waals surface area contributed by atoms with E-state index in [1.54, 1.807) is 12.1 Å². The van der Waals surface area contributed by atoms with Gasteiger partial charge in [-0.05, 0) is 31.4 Å². The third kappa shape index (κ3) is 2.47. The van der Waals surface area contributed by atoms with Gasteiger partial charge < -0.3 is 5.32 Å². The van der Waals surface area contributed by atoms with E-state index in [9.17, 15) is 9.18 Å². The first-order valence-corrected chi connectivity index (χ1v) is 6.73. The number of benzene rings is 1. The molecule has 1 fully saturated rings. The predicted molar refractivity (Wildman–Crippen MR) is 68.5 cm³/mol. The van der Waals surface area contributed by atoms with E-state index in [0.29, 0.717) is 10.0 Å². The summed E-state index contributed by atoms with van der Waals surface area (Å²) in [5, 5.41) is 2.83. The second-order valence-electron chi connectivity index (χ2n) is 4.24. The molecule has 1 aromatic rings. The summed E-state index contributed by atoms with van der Waals surface area (Å²) in [5.41, 5.74) is -0.0121. The normalized spacial score (nSPS) is 17.4. The molecule has 92 valence electrons. The van der Waals surface area contributed by atoms with Crippen LogP contribution < -0.4 is 5.32 Å². The highest BCUT2D eigenvalue weighted by Crippen LogP contribution is 2.42. The highest BCUT2D eigenvalue weighted by Gasteiger charge is 2.41. The number of hydrogen-bond acceptors (Lipinski definition) is 1. The number of amides is 1. The van der Waals surface area contributed by atoms with Crippen LogP contribution in [0.5, 0.6) is 0 Å². The highest BCUT2D eigenvalue weighted by atomic mass is 79.9. The Morgan fingerprint density at radius 3 is 2.71 bits per heavy atom. The van der Waals surface area contributed by atoms with Crippen LogP contribution in [0, 0.1) is 5.82 Å². The second-order valence-corrected chi connectivity index (χ2v) is 5.42. The molecule has 0 atom stereocenters. The summed E-state index contributed by atoms with van der Waals surface area (Å²) < 4.78 is 14.6. The molecule has 0 heterocycles. The molecule has 0 saturated heterocycles. The van der Waals surface area contributed by atoms with Crippen LogP contribution in [0.3, 0.4) is 0 Å². The molecular formula is C12H12BrClFNO. The van der Waals surface area contributed by atoms with Crippen LogP contribution in [0.4, 0.5) is 4.39 Å². The van der Waals surface area contributed by atoms with E-state index in [0.717, 1.165) is 19.3 Å². The van der Waals surface area contributed by atoms with Gasteiger partial charge in [0.2, 0.25) is 5.91 Å². The van der Waals surface area contributed by atoms with E-state index in [4.69, 9.17) is 11.6 Å². The van der Waals surface area contributed by atoms with Crippen molar-refractivity contribution in [3.8, 4) is 0 Å². The van der Waals surface area contributed by atoms with E-state index in [1.807, 2.05) is 0 Å². The Balaban J connectivity index is 2.31. The lowest BCUT2D eigenvalue weighted by Gasteiger charge is -2.43. The molecule has 5 heteroatoms. The summed E-state index contributed by atoms with van der Waals surface area (Å²) in [7, 11) is 0. The number of carbonyl (C=O) groups is 1. The molecule has 1 saturated carbocycles. The molecule has 0 unspecified atom stereocenters. The van der Waals surface area contributed by atoms with Gasteiger partial charge in [-0.25, -0.2) is 4.39 Å². The predicted octanol–water partition coefficient (Wildman–Crippen LogP) is 3.32. The first-order chi connectivity index (χ1) is 8.07. The Labute approximate surface area is 113 Å². The third-order valence-electron chi connectivity index (χ3n) is 3.15. The number of halogens is 3. The van der Waals surface area contributed by atoms with Crippen molar-refractivity contribution in [2.75, 3.05) is 5.88 Å². The molecule has 0 bridgehead atoms. The van der Waals surface area contributed by atoms with Crippen molar-refractivity contribution in [2.45, 2.75) is 24.8 Å². The average molecular weight is 321 g/mol. The van der Waals surface area contributed by atoms with Crippen LogP contribution in [-0.4, -0.2) is 11.8 Å². The van der Waals surface area contributed by atoms with Crippen molar-refractivity contribution < 1.29 is 9.18 Å². The van der Waals surface area contributed by atoms with Crippen LogP contribution in [0.25, 0.3) is 0 Å². The van der Waals surface area contributed by atoms with Gasteiger partial charge in [0.05, 0.1) is 5.54 Å². The van der Waals surface area contributed by atoms with E-state index < -0.39 is 5.54 Å². The molecule has 0 spiro atoms. The standard InChI is InChI=1S/C12H12BrClFNO/c13-8-2-3-9(10(15)6-8)12(4-1-5-12)16-11(17)7-14/h2-3,6H,1,4-5,7H2,(H,16,17). The fourth-order valence-electron chi connectivity index (χ4n) is 2.17. The van der Waals surface area contributed by atoms with E-state index in [-0.39, 0.29) is 17.6 Å². The fraction of sp³-hybridized carbons (Fsp3) is 0.417. The smallest absolute Gasteiger partial charge is 0.235 e. The Morgan fingerprint density at radius 1 is 1.53 bits per heavy atom. The first-order valence-electron chi connectivity index (χ1n) is 5.40. The van der Waals surface area contributed by atoms with Crippen molar-refractivity contribution >= 4 is 33.4 Å². The number of alkyl halides is 1. The van der Waals surface area contributed by atoms with Gasteiger partial charge in [-0.15, -0.1) is 11.6 Å². The van der Waals surface area contributed by atoms with Crippen molar-refractivity contribution in [3.63, 3.8) is 0 Å². The van der Waals surface area contributed by atoms with Crippen LogP contribution in [0.15, 0.2) is 22.7 Å². The lowest BCUT2D eigenvalue weighted by molar-refractivity contribution is -0.121. The summed E-state index contributed by atoms with van der Waals surface area (Å²) in [6.07, 6.45) is 2.50. The molecule has 2 nitrogen and oxygen atoms in total. The minimum atomic E-state index is -0.559. The van der Waals surface area contributed by atoms with Gasteiger partial charge in [0.1, 0.15) is 11.7 Å². The minimum Gasteiger partial charge on any atom is -0.345 e. The molecular weight excluding hydrogens is 308 g/mol. The molecule has 2 rings (SSSR count). The van der Waals surface area contributed by atoms with Gasteiger partial charge in [-0.2, -0.15) is 0 Å². The van der Waals surface area contributed by atoms with Crippen molar-refractivity contribution in [1.82, 2.24) is 5.32 Å². The Kier molecular flexibility index (Phi) is 3.73. The van der Waals surface area contributed by atoms with Crippen LogP contribution in [-0.2, 0) is 10.3 Å². The summed E-state index contributed by atoms with van der Waals surface area (Å²) in [6.45, 7) is 0. The molecule has 0 aliphatic heterocycles. The van der Waals surface area contributed by atoms with Crippen LogP contribution in [0.1, 0.15) is 24.8 Å². The molecule has 1 N–H and O–H groups in total. The maximum Gasteiger partial charge on any atom is 0.235 e. The SMILES string of the molecule is O=C(CCl)NC1(c2ccc(Br)cc2F)CCC1. The zero-order chi connectivity index (χ0) is 12.5. The van der Waals surface area contributed by atoms with Gasteiger partial charge >= 0.3 is 0 Å². The summed E-state index contributed by atoms with van der Waals surface area (Å²) >= 11 is 8.70. The van der Waals surface area contributed by atoms with E-state index >= 15 is 0 Å². The number of rotatable bonds is 3. The summed E-state index contributed by atoms with van der Waals surface area (Å²) in [5.74, 6) is -0.650. The molecule has 1 aliphatic rings. The fourth-order valence-corrected chi connectivity index (χ4v) is 2.57. The molecule has 1 amide bonds. The topological polar surface area (TPSA) is 29.1 Å². The molecule has 0 radical (unpaired) electrons. The largest absolute Gasteiger partial charge is 0.345 e. The van der Waals surface area contributed by atoms with Crippen LogP contribution in [0.2, 0.25) is 0 Å². The van der Waals surface area contributed by atoms with Crippen LogP contribution >= 0.6 is 27.5 Å². The lowest BCUT2D eigenvalue weighted by atomic mass is 9.71. The van der Waals surface area contributed by atoms with Crippen molar-refractivity contribution in [2.24, 2.45) is 0 Å². The summed E-state index contributed by atoms with van der Waals surface area (Å²) in [6, 6.07) is 4.92. The monoisotopic (exact) mass is 319 g/mol. The van der Waals surface area contributed by atoms with Gasteiger partial charge in [-0.3, -0.25) is 4.79 Å². The molecule has 17 heavy (non-hydrogen) atoms. The van der Waals surface area contributed by atoms with Gasteiger partial charge in [0, 0.05) is 10.0 Å². The Morgan fingerprint density at radius 2 is 2.24 bits per heavy atom. The zero-order valence-corrected chi connectivity index (χ0v) is 11.4. The third-order valence-corrected chi connectivity index (χ3v) is 3.89. The Hall–Kier alpha value is -0.610. The number of nitrogens with one attached hydrogen (secondary N) is 1. The number of carbonyl (C=O) groups excluding carboxylic acids is 1. The molecule has 0 aromatic heterocycles. The van der Waals surface area contributed by atoms with Crippen molar-refractivity contribution in [3.05, 3.63) is 34.1 Å². The van der Waals surface area contributed by atoms with Crippen molar-refractivity contribution in [1.29, 1.82) is 0 Å². The number of hydrogen-bond donors (Lipinski definition) is 1. The quantitative estimate of drug-likeness (QED) is 0.851. The van der Waals surface area contributed by atoms with E-state index in [2.05, 4.69) is 21.2 Å². The second kappa shape index (κ2) is 4.94. The molecule has 1 aromatic carbocycles. The maximum absolute atomic E-state index is 13.9. The summed E-state index contributed by atoms with van der Waals surface area (Å²) in [4.78, 5) is 11.4.